The molecule has 1 amide bonds. The molecule has 5 N–H and O–H groups in total. The van der Waals surface area contributed by atoms with Gasteiger partial charge in [-0.15, -0.1) is 0 Å². The van der Waals surface area contributed by atoms with E-state index in [1.165, 1.54) is 26.0 Å². The van der Waals surface area contributed by atoms with Gasteiger partial charge in [-0.25, -0.2) is 14.4 Å². The summed E-state index contributed by atoms with van der Waals surface area (Å²) in [5, 5.41) is 51.4. The van der Waals surface area contributed by atoms with Crippen molar-refractivity contribution in [1.82, 2.24) is 5.32 Å². The van der Waals surface area contributed by atoms with E-state index in [0.29, 0.717) is 5.56 Å². The Hall–Kier alpha value is -4.67. The van der Waals surface area contributed by atoms with Crippen molar-refractivity contribution in [2.75, 3.05) is 6.61 Å². The fourth-order valence-corrected chi connectivity index (χ4v) is 9.50. The number of hydrogen-bond donors (Lipinski definition) is 5. The third kappa shape index (κ3) is 6.92. The minimum Gasteiger partial charge on any atom is -0.456 e. The molecular formula is C42H51NO14. The highest BCUT2D eigenvalue weighted by atomic mass is 16.6. The smallest absolute Gasteiger partial charge is 0.407 e. The largest absolute Gasteiger partial charge is 0.456 e. The van der Waals surface area contributed by atoms with Gasteiger partial charge in [0.05, 0.1) is 41.8 Å². The van der Waals surface area contributed by atoms with Crippen molar-refractivity contribution < 1.29 is 68.1 Å². The van der Waals surface area contributed by atoms with Crippen LogP contribution in [-0.2, 0) is 38.1 Å². The average molecular weight is 794 g/mol. The van der Waals surface area contributed by atoms with Gasteiger partial charge in [0.1, 0.15) is 30.0 Å². The van der Waals surface area contributed by atoms with Crippen LogP contribution in [0, 0.1) is 16.7 Å². The molecule has 15 nitrogen and oxygen atoms in total. The molecule has 11 atom stereocenters. The summed E-state index contributed by atoms with van der Waals surface area (Å²) in [7, 11) is 0. The number of ether oxygens (including phenoxy) is 5. The predicted molar refractivity (Wildman–Crippen MR) is 199 cm³/mol. The van der Waals surface area contributed by atoms with Gasteiger partial charge in [-0.1, -0.05) is 62.4 Å². The first-order chi connectivity index (χ1) is 26.7. The van der Waals surface area contributed by atoms with Crippen LogP contribution >= 0.6 is 0 Å². The zero-order chi connectivity index (χ0) is 41.8. The van der Waals surface area contributed by atoms with Crippen molar-refractivity contribution in [3.63, 3.8) is 0 Å². The van der Waals surface area contributed by atoms with E-state index in [2.05, 4.69) is 5.32 Å². The van der Waals surface area contributed by atoms with Crippen LogP contribution in [0.2, 0.25) is 0 Å². The van der Waals surface area contributed by atoms with E-state index < -0.39 is 113 Å². The highest BCUT2D eigenvalue weighted by Crippen LogP contribution is 2.64. The molecule has 308 valence electrons. The lowest BCUT2D eigenvalue weighted by molar-refractivity contribution is -0.346. The number of fused-ring (bicyclic) bond motifs is 5. The monoisotopic (exact) mass is 793 g/mol. The van der Waals surface area contributed by atoms with Gasteiger partial charge in [0.15, 0.2) is 17.5 Å². The molecule has 2 aromatic rings. The van der Waals surface area contributed by atoms with Gasteiger partial charge < -0.3 is 49.4 Å². The molecular weight excluding hydrogens is 742 g/mol. The number of alkyl carbamates (subject to hydrolysis) is 1. The van der Waals surface area contributed by atoms with E-state index in [1.807, 2.05) is 0 Å². The number of Topliss-reactive ketones (excluding diaryl/α,β-unsaturated/α-hetero) is 1. The Bertz CT molecular complexity index is 1930. The third-order valence-corrected chi connectivity index (χ3v) is 12.5. The van der Waals surface area contributed by atoms with Crippen molar-refractivity contribution in [2.24, 2.45) is 16.7 Å². The summed E-state index contributed by atoms with van der Waals surface area (Å²) in [5.41, 5.74) is -7.20. The highest BCUT2D eigenvalue weighted by Gasteiger charge is 2.78. The first-order valence-electron chi connectivity index (χ1n) is 19.0. The Balaban J connectivity index is 1.49. The summed E-state index contributed by atoms with van der Waals surface area (Å²) >= 11 is 0. The van der Waals surface area contributed by atoms with Crippen LogP contribution in [0.4, 0.5) is 4.79 Å². The molecule has 2 bridgehead atoms. The normalized spacial score (nSPS) is 33.9. The summed E-state index contributed by atoms with van der Waals surface area (Å²) in [6.45, 7) is 10.1. The lowest BCUT2D eigenvalue weighted by atomic mass is 9.44. The second-order valence-corrected chi connectivity index (χ2v) is 16.5. The summed E-state index contributed by atoms with van der Waals surface area (Å²) < 4.78 is 29.3. The van der Waals surface area contributed by atoms with Gasteiger partial charge in [-0.05, 0) is 56.5 Å². The highest BCUT2D eigenvalue weighted by molar-refractivity contribution is 5.94. The lowest BCUT2D eigenvalue weighted by Crippen LogP contribution is -2.81. The maximum Gasteiger partial charge on any atom is 0.407 e. The molecule has 1 saturated heterocycles. The molecule has 0 aromatic heterocycles. The Morgan fingerprint density at radius 3 is 2.12 bits per heavy atom. The lowest BCUT2D eigenvalue weighted by Gasteiger charge is -2.67. The number of hydrogen-bond acceptors (Lipinski definition) is 14. The van der Waals surface area contributed by atoms with Crippen LogP contribution in [0.5, 0.6) is 0 Å². The summed E-state index contributed by atoms with van der Waals surface area (Å²) in [6.07, 6.45) is -12.0. The predicted octanol–water partition coefficient (Wildman–Crippen LogP) is 2.87. The maximum atomic E-state index is 14.9. The zero-order valence-corrected chi connectivity index (χ0v) is 33.0. The van der Waals surface area contributed by atoms with Gasteiger partial charge in [-0.3, -0.25) is 9.59 Å². The van der Waals surface area contributed by atoms with Crippen LogP contribution in [0.3, 0.4) is 0 Å². The molecule has 2 saturated carbocycles. The number of carbonyl (C=O) groups is 5. The molecule has 15 heteroatoms. The fourth-order valence-electron chi connectivity index (χ4n) is 9.50. The topological polar surface area (TPSA) is 224 Å². The first kappa shape index (κ1) is 41.9. The molecule has 0 unspecified atom stereocenters. The number of aliphatic hydroxyl groups is 4. The second-order valence-electron chi connectivity index (χ2n) is 16.5. The van der Waals surface area contributed by atoms with Gasteiger partial charge in [-0.2, -0.15) is 0 Å². The number of benzene rings is 2. The molecule has 3 aliphatic carbocycles. The Labute approximate surface area is 330 Å². The molecule has 6 rings (SSSR count). The van der Waals surface area contributed by atoms with Gasteiger partial charge in [0.25, 0.3) is 0 Å². The standard InChI is InChI=1S/C42H51NO14/c1-21(2)54-38(51)43-30(24-14-10-8-11-15-24)32(47)37(50)55-26-19-42(52)35(56-36(49)25-16-12-9-13-17-25)33-40(7,34(48)31(46)29(22(26)3)39(42,5)6)27(45)18-28-41(33,20-53-28)57-23(4)44/h8-17,21,26-28,30-33,35,45-47,52H,18-20H2,1-7H3,(H,43,51)/t26-,27-,28+,30-,31+,32+,33-,35-,40+,41-,42+/m0/s1. The van der Waals surface area contributed by atoms with Crippen molar-refractivity contribution in [3.05, 3.63) is 82.9 Å². The number of carbonyl (C=O) groups excluding carboxylic acids is 5. The first-order valence-corrected chi connectivity index (χ1v) is 19.0. The number of esters is 3. The van der Waals surface area contributed by atoms with E-state index >= 15 is 0 Å². The molecule has 2 aromatic carbocycles. The number of ketones is 1. The van der Waals surface area contributed by atoms with E-state index in [9.17, 15) is 44.4 Å². The second kappa shape index (κ2) is 15.3. The molecule has 57 heavy (non-hydrogen) atoms. The van der Waals surface area contributed by atoms with Gasteiger partial charge in [0.2, 0.25) is 0 Å². The van der Waals surface area contributed by atoms with E-state index in [1.54, 1.807) is 76.2 Å². The van der Waals surface area contributed by atoms with Crippen molar-refractivity contribution in [2.45, 2.75) is 121 Å². The van der Waals surface area contributed by atoms with Crippen molar-refractivity contribution >= 4 is 29.8 Å². The molecule has 0 radical (unpaired) electrons. The minimum absolute atomic E-state index is 0.0621. The summed E-state index contributed by atoms with van der Waals surface area (Å²) in [4.78, 5) is 68.6. The van der Waals surface area contributed by atoms with E-state index in [4.69, 9.17) is 23.7 Å². The van der Waals surface area contributed by atoms with Crippen LogP contribution in [-0.4, -0.2) is 111 Å². The van der Waals surface area contributed by atoms with Crippen molar-refractivity contribution in [3.8, 4) is 0 Å². The van der Waals surface area contributed by atoms with Crippen LogP contribution in [0.1, 0.15) is 83.3 Å². The number of aliphatic hydroxyl groups excluding tert-OH is 3. The number of rotatable bonds is 9. The van der Waals surface area contributed by atoms with E-state index in [-0.39, 0.29) is 29.7 Å². The SMILES string of the molecule is CC(=O)O[C@@]12CO[C@@H]1C[C@H](O)[C@@]1(C)C(=O)[C@H](O)C3=C(C)[C@@H](OC(=O)[C@H](O)[C@@H](NC(=O)OC(C)C)c4ccccc4)C[C@@](O)([C@@H](OC(=O)c4ccccc4)[C@H]21)C3(C)C. The molecule has 4 aliphatic rings. The molecule has 3 fully saturated rings. The Morgan fingerprint density at radius 1 is 0.947 bits per heavy atom. The van der Waals surface area contributed by atoms with Crippen molar-refractivity contribution in [1.29, 1.82) is 0 Å². The van der Waals surface area contributed by atoms with E-state index in [0.717, 1.165) is 6.92 Å². The van der Waals surface area contributed by atoms with Gasteiger partial charge in [0, 0.05) is 25.2 Å². The Morgan fingerprint density at radius 2 is 1.56 bits per heavy atom. The van der Waals surface area contributed by atoms with Crippen LogP contribution in [0.25, 0.3) is 0 Å². The third-order valence-electron chi connectivity index (χ3n) is 12.5. The molecule has 0 spiro atoms. The Kier molecular flexibility index (Phi) is 11.2. The quantitative estimate of drug-likeness (QED) is 0.140. The van der Waals surface area contributed by atoms with Crippen LogP contribution < -0.4 is 5.32 Å². The maximum absolute atomic E-state index is 14.9. The number of amides is 1. The fraction of sp³-hybridized carbons (Fsp3) is 0.548. The summed E-state index contributed by atoms with van der Waals surface area (Å²) in [6, 6.07) is 14.6. The minimum atomic E-state index is -2.35. The summed E-state index contributed by atoms with van der Waals surface area (Å²) in [5.74, 6) is -5.35. The zero-order valence-electron chi connectivity index (χ0n) is 33.0. The number of nitrogens with one attached hydrogen (secondary N) is 1. The van der Waals surface area contributed by atoms with Gasteiger partial charge >= 0.3 is 24.0 Å². The molecule has 1 heterocycles. The molecule has 1 aliphatic heterocycles. The van der Waals surface area contributed by atoms with Crippen LogP contribution in [0.15, 0.2) is 71.8 Å². The average Bonchev–Trinajstić information content (AvgIpc) is 3.15.